The number of para-hydroxylation sites is 1. The Hall–Kier alpha value is -8.39. The quantitative estimate of drug-likeness (QED) is 0.0132. The summed E-state index contributed by atoms with van der Waals surface area (Å²) in [5.41, 5.74) is 5.14. The number of aryl methyl sites for hydroxylation is 3. The summed E-state index contributed by atoms with van der Waals surface area (Å²) in [6.45, 7) is 12.7. The van der Waals surface area contributed by atoms with E-state index in [1.807, 2.05) is 66.0 Å². The minimum absolute atomic E-state index is 0.00854. The van der Waals surface area contributed by atoms with E-state index in [1.54, 1.807) is 12.1 Å². The van der Waals surface area contributed by atoms with E-state index in [1.165, 1.54) is 29.7 Å². The van der Waals surface area contributed by atoms with Crippen molar-refractivity contribution in [3.63, 3.8) is 0 Å². The second-order valence-corrected chi connectivity index (χ2v) is 28.4. The number of ether oxygens (including phenoxy) is 2. The number of nitrogens with one attached hydrogen (secondary N) is 4. The Morgan fingerprint density at radius 1 is 0.882 bits per heavy atom. The highest BCUT2D eigenvalue weighted by atomic mass is 32.1. The highest BCUT2D eigenvalue weighted by Gasteiger charge is 2.93. The van der Waals surface area contributed by atoms with Gasteiger partial charge in [0.15, 0.2) is 29.1 Å². The molecule has 1 spiro atoms. The number of anilines is 4. The molecule has 2 bridgehead atoms. The third-order valence-corrected chi connectivity index (χ3v) is 21.6. The summed E-state index contributed by atoms with van der Waals surface area (Å²) in [5.74, 6) is -2.52. The Labute approximate surface area is 544 Å². The van der Waals surface area contributed by atoms with Crippen molar-refractivity contribution in [1.82, 2.24) is 55.6 Å². The lowest BCUT2D eigenvalue weighted by Gasteiger charge is -2.82. The number of carboxylic acids is 1. The van der Waals surface area contributed by atoms with Crippen molar-refractivity contribution in [1.29, 1.82) is 5.41 Å². The van der Waals surface area contributed by atoms with Crippen molar-refractivity contribution >= 4 is 91.4 Å². The average Bonchev–Trinajstić information content (AvgIpc) is 1.46. The van der Waals surface area contributed by atoms with Gasteiger partial charge in [0.25, 0.3) is 17.7 Å². The number of likely N-dealkylation sites (N-methyl/N-ethyl adjacent to an activating group) is 1. The molecule has 6 heterocycles. The van der Waals surface area contributed by atoms with Crippen molar-refractivity contribution in [3.05, 3.63) is 106 Å². The largest absolute Gasteiger partial charge is 0.483 e. The molecule has 24 nitrogen and oxygen atoms in total. The molecule has 1 saturated heterocycles. The van der Waals surface area contributed by atoms with Crippen LogP contribution in [0.4, 0.5) is 22.6 Å². The van der Waals surface area contributed by atoms with E-state index in [-0.39, 0.29) is 75.2 Å². The number of quaternary nitrogens is 1. The Morgan fingerprint density at radius 3 is 2.41 bits per heavy atom. The summed E-state index contributed by atoms with van der Waals surface area (Å²) < 4.78 is 15.5. The van der Waals surface area contributed by atoms with Crippen molar-refractivity contribution in [2.75, 3.05) is 63.7 Å². The number of hydrogen-bond acceptors (Lipinski definition) is 19. The number of amides is 5. The number of imide groups is 2. The number of benzene rings is 2. The summed E-state index contributed by atoms with van der Waals surface area (Å²) in [7, 11) is 4.19. The van der Waals surface area contributed by atoms with Crippen LogP contribution >= 0.6 is 11.3 Å². The summed E-state index contributed by atoms with van der Waals surface area (Å²) >= 11 is 1.53. The van der Waals surface area contributed by atoms with Crippen LogP contribution in [0.2, 0.25) is 0 Å². The van der Waals surface area contributed by atoms with Gasteiger partial charge in [0.1, 0.15) is 23.3 Å². The number of aromatic carboxylic acids is 1. The van der Waals surface area contributed by atoms with Crippen LogP contribution < -0.4 is 30.9 Å². The van der Waals surface area contributed by atoms with E-state index in [0.29, 0.717) is 53.4 Å². The smallest absolute Gasteiger partial charge is 0.355 e. The molecular formula is C68H84N15O9S+. The predicted molar refractivity (Wildman–Crippen MR) is 350 cm³/mol. The number of rotatable bonds is 32. The number of carbonyl (C=O) groups is 6. The molecule has 2 aliphatic heterocycles. The molecule has 3 unspecified atom stereocenters. The lowest BCUT2D eigenvalue weighted by Crippen LogP contribution is -2.85. The lowest BCUT2D eigenvalue weighted by molar-refractivity contribution is -0.619. The van der Waals surface area contributed by atoms with Crippen LogP contribution in [0.3, 0.4) is 0 Å². The maximum atomic E-state index is 13.4. The first-order valence-electron chi connectivity index (χ1n) is 32.6. The highest BCUT2D eigenvalue weighted by Crippen LogP contribution is 2.95. The first kappa shape index (κ1) is 64.7. The van der Waals surface area contributed by atoms with Crippen LogP contribution in [0.15, 0.2) is 72.6 Å². The van der Waals surface area contributed by atoms with Gasteiger partial charge >= 0.3 is 5.97 Å². The van der Waals surface area contributed by atoms with E-state index in [9.17, 15) is 33.9 Å². The Kier molecular flexibility index (Phi) is 18.2. The van der Waals surface area contributed by atoms with Crippen LogP contribution in [0.5, 0.6) is 5.75 Å². The third-order valence-electron chi connectivity index (χ3n) is 20.7. The maximum absolute atomic E-state index is 13.4. The second-order valence-electron chi connectivity index (χ2n) is 27.4. The molecule has 2 aromatic carbocycles. The van der Waals surface area contributed by atoms with Gasteiger partial charge in [0.05, 0.1) is 51.4 Å². The van der Waals surface area contributed by atoms with Gasteiger partial charge in [-0.3, -0.25) is 38.9 Å². The molecule has 490 valence electrons. The monoisotopic (exact) mass is 1290 g/mol. The number of thiazole rings is 1. The lowest BCUT2D eigenvalue weighted by atomic mass is 9.25. The van der Waals surface area contributed by atoms with Crippen LogP contribution in [-0.2, 0) is 32.1 Å². The SMILES string of the molecule is C/C([NH2+]CC12CC3(C)CC4(OCCN(C)C)CC(C)(C1)C34C2)=C(/C=N)c1ccc(N(CCCCCn2cc(CCCCCCCNC(=O)COc3cccc4c3C(=O)N(C3CCC(=O)NC3=O)C4=O)nn2)c2cc(C)c(Nc3nc4ccccc4s3)nn2)nc1C(=O)O. The van der Waals surface area contributed by atoms with Gasteiger partial charge in [0, 0.05) is 68.3 Å². The zero-order valence-corrected chi connectivity index (χ0v) is 54.8. The van der Waals surface area contributed by atoms with Gasteiger partial charge in [-0.25, -0.2) is 14.8 Å². The topological polar surface area (TPSA) is 310 Å². The molecule has 6 aliphatic rings. The molecule has 0 radical (unpaired) electrons. The van der Waals surface area contributed by atoms with Gasteiger partial charge in [-0.15, -0.1) is 15.3 Å². The van der Waals surface area contributed by atoms with Gasteiger partial charge in [0.2, 0.25) is 11.8 Å². The molecule has 93 heavy (non-hydrogen) atoms. The Balaban J connectivity index is 0.623. The third kappa shape index (κ3) is 12.3. The molecule has 12 rings (SSSR count). The molecule has 4 saturated carbocycles. The first-order chi connectivity index (χ1) is 44.7. The molecule has 7 N–H and O–H groups in total. The molecule has 4 aromatic heterocycles. The molecule has 4 aliphatic carbocycles. The molecule has 5 amide bonds. The number of allylic oxidation sites excluding steroid dienone is 2. The molecule has 6 aromatic rings. The van der Waals surface area contributed by atoms with E-state index in [4.69, 9.17) is 29.9 Å². The number of hydrogen-bond donors (Lipinski definition) is 6. The highest BCUT2D eigenvalue weighted by molar-refractivity contribution is 7.22. The minimum atomic E-state index is -1.18. The predicted octanol–water partition coefficient (Wildman–Crippen LogP) is 8.17. The Morgan fingerprint density at radius 2 is 1.66 bits per heavy atom. The second kappa shape index (κ2) is 26.2. The fourth-order valence-corrected chi connectivity index (χ4v) is 17.9. The molecule has 25 heteroatoms. The van der Waals surface area contributed by atoms with Crippen molar-refractivity contribution < 1.29 is 48.7 Å². The number of aromatic nitrogens is 7. The maximum Gasteiger partial charge on any atom is 0.355 e. The number of pyridine rings is 1. The summed E-state index contributed by atoms with van der Waals surface area (Å²) in [6.07, 6.45) is 16.7. The van der Waals surface area contributed by atoms with Gasteiger partial charge in [-0.2, -0.15) is 0 Å². The van der Waals surface area contributed by atoms with Crippen LogP contribution in [0, 0.1) is 34.0 Å². The van der Waals surface area contributed by atoms with Gasteiger partial charge < -0.3 is 45.7 Å². The molecule has 3 atom stereocenters. The van der Waals surface area contributed by atoms with E-state index in [2.05, 4.69) is 69.5 Å². The van der Waals surface area contributed by atoms with E-state index < -0.39 is 35.6 Å². The van der Waals surface area contributed by atoms with Crippen LogP contribution in [0.25, 0.3) is 15.8 Å². The number of fused-ring (bicyclic) bond motifs is 3. The van der Waals surface area contributed by atoms with Gasteiger partial charge in [-0.1, -0.05) is 67.9 Å². The zero-order valence-electron chi connectivity index (χ0n) is 53.9. The van der Waals surface area contributed by atoms with Gasteiger partial charge in [-0.05, 0) is 157 Å². The molecular weight excluding hydrogens is 1200 g/mol. The normalized spacial score (nSPS) is 24.3. The summed E-state index contributed by atoms with van der Waals surface area (Å²) in [5, 5.41) is 49.1. The number of carbonyl (C=O) groups excluding carboxylic acids is 5. The number of carboxylic acid groups (broad SMARTS) is 1. The minimum Gasteiger partial charge on any atom is -0.483 e. The summed E-state index contributed by atoms with van der Waals surface area (Å²) in [6, 6.07) is 16.9. The number of nitrogens with zero attached hydrogens (tertiary/aromatic N) is 10. The Bertz CT molecular complexity index is 3900. The van der Waals surface area contributed by atoms with Crippen LogP contribution in [-0.4, -0.2) is 157 Å². The number of piperidine rings is 1. The fraction of sp³-hybridized carbons (Fsp3) is 0.515. The average molecular weight is 1290 g/mol. The molecule has 5 fully saturated rings. The van der Waals surface area contributed by atoms with E-state index >= 15 is 0 Å². The van der Waals surface area contributed by atoms with Crippen molar-refractivity contribution in [2.45, 2.75) is 149 Å². The zero-order chi connectivity index (χ0) is 65.5. The van der Waals surface area contributed by atoms with Crippen molar-refractivity contribution in [2.24, 2.45) is 21.7 Å². The summed E-state index contributed by atoms with van der Waals surface area (Å²) in [4.78, 5) is 91.3. The standard InChI is InChI=1S/C68H83N15O9S/c1-42-32-53(77-78-58(42)75-63-72-48-20-12-13-22-51(48)93-63)82(52-25-23-45(57(73-52)62(89)90)47(33-69)43(2)71-41-66-36-64(3)38-67(92-31-30-80(5)6)39-65(4,37-66)68(64,67)40-66)29-16-10-15-28-81-34-44(76-79-81)18-11-8-7-9-14-27-70-55(85)35-91-50-21-17-19-46-56(50)61(88)83(60(46)87)49-24-26-54(84)74-59(49)86/h12-13,17,19-23,25,32-34,49,69,71H,7-11,14-16,18,24,26-31,35-41H2,1-6H3,(H,70,85)(H,89,90)(H,72,75,78)(H,74,84,86)/p+1/b47-43+,69-33?. The van der Waals surface area contributed by atoms with Crippen molar-refractivity contribution in [3.8, 4) is 5.75 Å². The first-order valence-corrected chi connectivity index (χ1v) is 33.5. The van der Waals surface area contributed by atoms with Crippen LogP contribution in [0.1, 0.15) is 165 Å². The fourth-order valence-electron chi connectivity index (χ4n) is 17.1. The van der Waals surface area contributed by atoms with E-state index in [0.717, 1.165) is 142 Å². The number of unbranched alkanes of at least 4 members (excludes halogenated alkanes) is 6. The number of nitrogens with two attached hydrogens (primary N) is 1.